The van der Waals surface area contributed by atoms with E-state index in [1.807, 2.05) is 24.4 Å². The second kappa shape index (κ2) is 11.7. The van der Waals surface area contributed by atoms with Crippen LogP contribution in [0.3, 0.4) is 0 Å². The highest BCUT2D eigenvalue weighted by Gasteiger charge is 2.19. The average molecular weight is 660 g/mol. The molecule has 9 aromatic rings. The molecule has 1 aliphatic heterocycles. The first-order chi connectivity index (χ1) is 25.2. The molecule has 6 aromatic carbocycles. The highest BCUT2D eigenvalue weighted by atomic mass is 16.5. The van der Waals surface area contributed by atoms with E-state index in [0.717, 1.165) is 73.9 Å². The summed E-state index contributed by atoms with van der Waals surface area (Å²) in [6, 6.07) is 53.1. The number of fused-ring (bicyclic) bond motifs is 6. The van der Waals surface area contributed by atoms with Crippen molar-refractivity contribution < 1.29 is 4.74 Å². The Labute approximate surface area is 295 Å². The van der Waals surface area contributed by atoms with Crippen molar-refractivity contribution >= 4 is 55.0 Å². The van der Waals surface area contributed by atoms with Crippen LogP contribution in [-0.4, -0.2) is 20.8 Å². The summed E-state index contributed by atoms with van der Waals surface area (Å²) < 4.78 is 11.2. The summed E-state index contributed by atoms with van der Waals surface area (Å²) in [7, 11) is 0. The third-order valence-corrected chi connectivity index (χ3v) is 9.88. The molecule has 3 aromatic heterocycles. The highest BCUT2D eigenvalue weighted by molar-refractivity contribution is 6.11. The number of hydrogen-bond donors (Lipinski definition) is 0. The zero-order valence-corrected chi connectivity index (χ0v) is 28.0. The zero-order valence-electron chi connectivity index (χ0n) is 28.0. The van der Waals surface area contributed by atoms with Gasteiger partial charge in [0.25, 0.3) is 0 Å². The van der Waals surface area contributed by atoms with Gasteiger partial charge in [-0.15, -0.1) is 0 Å². The normalized spacial score (nSPS) is 13.0. The van der Waals surface area contributed by atoms with Crippen LogP contribution in [-0.2, 0) is 0 Å². The molecule has 244 valence electrons. The lowest BCUT2D eigenvalue weighted by atomic mass is 10.1. The second-order valence-corrected chi connectivity index (χ2v) is 13.1. The van der Waals surface area contributed by atoms with Gasteiger partial charge in [0.2, 0.25) is 0 Å². The minimum absolute atomic E-state index is 0.736. The molecule has 1 aliphatic rings. The Morgan fingerprint density at radius 2 is 1.14 bits per heavy atom. The number of aromatic nitrogens is 3. The molecule has 0 saturated heterocycles. The van der Waals surface area contributed by atoms with Gasteiger partial charge in [-0.3, -0.25) is 4.57 Å². The van der Waals surface area contributed by atoms with Crippen molar-refractivity contribution in [1.82, 2.24) is 14.1 Å². The van der Waals surface area contributed by atoms with E-state index < -0.39 is 0 Å². The van der Waals surface area contributed by atoms with E-state index in [2.05, 4.69) is 172 Å². The monoisotopic (exact) mass is 659 g/mol. The van der Waals surface area contributed by atoms with Crippen molar-refractivity contribution in [3.05, 3.63) is 176 Å². The lowest BCUT2D eigenvalue weighted by Gasteiger charge is -2.22. The number of nitrogens with zero attached hydrogens (tertiary/aromatic N) is 5. The Balaban J connectivity index is 1.06. The van der Waals surface area contributed by atoms with Gasteiger partial charge in [0.1, 0.15) is 17.3 Å². The molecule has 0 fully saturated rings. The quantitative estimate of drug-likeness (QED) is 0.178. The van der Waals surface area contributed by atoms with Crippen molar-refractivity contribution in [2.45, 2.75) is 6.92 Å². The van der Waals surface area contributed by atoms with Crippen molar-refractivity contribution in [3.8, 4) is 23.0 Å². The van der Waals surface area contributed by atoms with Crippen molar-refractivity contribution in [3.63, 3.8) is 0 Å². The number of ether oxygens (including phenoxy) is 1. The van der Waals surface area contributed by atoms with Crippen LogP contribution in [0.5, 0.6) is 11.5 Å². The molecule has 0 saturated carbocycles. The summed E-state index contributed by atoms with van der Waals surface area (Å²) >= 11 is 0. The van der Waals surface area contributed by atoms with Crippen LogP contribution in [0, 0.1) is 6.92 Å². The van der Waals surface area contributed by atoms with E-state index in [1.54, 1.807) is 0 Å². The molecule has 0 spiro atoms. The van der Waals surface area contributed by atoms with Gasteiger partial charge < -0.3 is 19.1 Å². The Hall–Kier alpha value is -6.79. The maximum absolute atomic E-state index is 6.58. The molecule has 10 rings (SSSR count). The van der Waals surface area contributed by atoms with E-state index >= 15 is 0 Å². The molecule has 0 bridgehead atoms. The van der Waals surface area contributed by atoms with Crippen LogP contribution in [0.1, 0.15) is 5.56 Å². The van der Waals surface area contributed by atoms with Gasteiger partial charge in [-0.05, 0) is 73.7 Å². The molecule has 6 heteroatoms. The first-order valence-electron chi connectivity index (χ1n) is 17.2. The van der Waals surface area contributed by atoms with E-state index in [1.165, 1.54) is 16.3 Å². The molecule has 6 nitrogen and oxygen atoms in total. The van der Waals surface area contributed by atoms with Crippen LogP contribution in [0.4, 0.5) is 11.4 Å². The minimum atomic E-state index is 0.736. The van der Waals surface area contributed by atoms with Gasteiger partial charge in [-0.25, -0.2) is 4.98 Å². The fourth-order valence-electron chi connectivity index (χ4n) is 7.49. The number of pyridine rings is 1. The summed E-state index contributed by atoms with van der Waals surface area (Å²) in [6.07, 6.45) is 6.25. The summed E-state index contributed by atoms with van der Waals surface area (Å²) in [4.78, 5) is 9.58. The number of aryl methyl sites for hydroxylation is 1. The summed E-state index contributed by atoms with van der Waals surface area (Å²) in [6.45, 7) is 2.88. The number of para-hydroxylation sites is 3. The fraction of sp³-hybridized carbons (Fsp3) is 0.0444. The Morgan fingerprint density at radius 3 is 1.98 bits per heavy atom. The smallest absolute Gasteiger partial charge is 0.139 e. The Bertz CT molecular complexity index is 2780. The topological polar surface area (TPSA) is 38.5 Å². The van der Waals surface area contributed by atoms with Crippen LogP contribution < -0.4 is 14.5 Å². The highest BCUT2D eigenvalue weighted by Crippen LogP contribution is 2.38. The molecule has 0 atom stereocenters. The Kier molecular flexibility index (Phi) is 6.67. The molecule has 4 heterocycles. The number of anilines is 2. The molecular formula is C45H33N5O. The summed E-state index contributed by atoms with van der Waals surface area (Å²) in [5.74, 6) is 2.40. The van der Waals surface area contributed by atoms with Gasteiger partial charge in [0.05, 0.1) is 28.7 Å². The SMILES string of the molecule is Cc1ccc2c(c1)c1cnc(-n3c4ccccc4c4ccc(Oc5cccc(N6C=CN(c7ccccc7)C6)c5)cc43)cc1n2-c1ccccc1. The lowest BCUT2D eigenvalue weighted by molar-refractivity contribution is 0.483. The van der Waals surface area contributed by atoms with Crippen molar-refractivity contribution in [2.24, 2.45) is 0 Å². The summed E-state index contributed by atoms with van der Waals surface area (Å²) in [5, 5.41) is 4.65. The zero-order chi connectivity index (χ0) is 33.9. The van der Waals surface area contributed by atoms with Gasteiger partial charge >= 0.3 is 0 Å². The fourth-order valence-corrected chi connectivity index (χ4v) is 7.49. The van der Waals surface area contributed by atoms with Crippen LogP contribution in [0.2, 0.25) is 0 Å². The lowest BCUT2D eigenvalue weighted by Crippen LogP contribution is -2.24. The second-order valence-electron chi connectivity index (χ2n) is 13.1. The van der Waals surface area contributed by atoms with Gasteiger partial charge in [-0.2, -0.15) is 0 Å². The largest absolute Gasteiger partial charge is 0.457 e. The van der Waals surface area contributed by atoms with Gasteiger partial charge in [0, 0.05) is 75.4 Å². The first-order valence-corrected chi connectivity index (χ1v) is 17.2. The van der Waals surface area contributed by atoms with E-state index in [-0.39, 0.29) is 0 Å². The maximum atomic E-state index is 6.58. The standard InChI is InChI=1S/C45H33N5O/c1-31-19-22-42-39(25-31)40-29-46-45(28-44(40)49(42)33-13-6-3-7-14-33)50-41-18-9-8-17-37(41)38-21-20-36(27-43(38)50)51-35-16-10-15-34(26-35)48-24-23-47(30-48)32-11-4-2-5-12-32/h2-29H,30H2,1H3. The van der Waals surface area contributed by atoms with E-state index in [9.17, 15) is 0 Å². The van der Waals surface area contributed by atoms with E-state index in [4.69, 9.17) is 9.72 Å². The minimum Gasteiger partial charge on any atom is -0.457 e. The molecule has 0 unspecified atom stereocenters. The molecule has 0 aliphatic carbocycles. The molecule has 51 heavy (non-hydrogen) atoms. The van der Waals surface area contributed by atoms with Crippen LogP contribution in [0.25, 0.3) is 55.1 Å². The predicted molar refractivity (Wildman–Crippen MR) is 210 cm³/mol. The average Bonchev–Trinajstić information content (AvgIpc) is 3.88. The third kappa shape index (κ3) is 4.91. The predicted octanol–water partition coefficient (Wildman–Crippen LogP) is 11.1. The van der Waals surface area contributed by atoms with Crippen molar-refractivity contribution in [1.29, 1.82) is 0 Å². The van der Waals surface area contributed by atoms with Gasteiger partial charge in [-0.1, -0.05) is 72.3 Å². The van der Waals surface area contributed by atoms with Crippen LogP contribution in [0.15, 0.2) is 170 Å². The maximum Gasteiger partial charge on any atom is 0.139 e. The van der Waals surface area contributed by atoms with Crippen LogP contribution >= 0.6 is 0 Å². The number of rotatable bonds is 6. The number of benzene rings is 6. The molecule has 0 amide bonds. The molecule has 0 radical (unpaired) electrons. The molecule has 0 N–H and O–H groups in total. The number of hydrogen-bond acceptors (Lipinski definition) is 4. The summed E-state index contributed by atoms with van der Waals surface area (Å²) in [5.41, 5.74) is 9.00. The van der Waals surface area contributed by atoms with Crippen molar-refractivity contribution in [2.75, 3.05) is 16.5 Å². The third-order valence-electron chi connectivity index (χ3n) is 9.88. The first kappa shape index (κ1) is 29.2. The van der Waals surface area contributed by atoms with Gasteiger partial charge in [0.15, 0.2) is 0 Å². The Morgan fingerprint density at radius 1 is 0.471 bits per heavy atom. The molecular weight excluding hydrogens is 627 g/mol. The van der Waals surface area contributed by atoms with E-state index in [0.29, 0.717) is 0 Å².